The number of hydrogen-bond donors (Lipinski definition) is 1. The zero-order valence-electron chi connectivity index (χ0n) is 11.4. The summed E-state index contributed by atoms with van der Waals surface area (Å²) in [6, 6.07) is 6.66. The quantitative estimate of drug-likeness (QED) is 0.658. The van der Waals surface area contributed by atoms with Crippen molar-refractivity contribution in [2.45, 2.75) is 32.8 Å². The molecule has 19 heavy (non-hydrogen) atoms. The summed E-state index contributed by atoms with van der Waals surface area (Å²) in [5.41, 5.74) is 1.48. The summed E-state index contributed by atoms with van der Waals surface area (Å²) >= 11 is 0. The van der Waals surface area contributed by atoms with Gasteiger partial charge < -0.3 is 10.0 Å². The first-order chi connectivity index (χ1) is 9.08. The predicted molar refractivity (Wildman–Crippen MR) is 74.3 cm³/mol. The van der Waals surface area contributed by atoms with Crippen LogP contribution in [0.25, 0.3) is 0 Å². The summed E-state index contributed by atoms with van der Waals surface area (Å²) < 4.78 is 0. The zero-order chi connectivity index (χ0) is 14.0. The highest BCUT2D eigenvalue weighted by atomic mass is 16.6. The Morgan fingerprint density at radius 3 is 2.21 bits per heavy atom. The molecule has 0 atom stereocenters. The van der Waals surface area contributed by atoms with Gasteiger partial charge in [-0.15, -0.1) is 0 Å². The number of aliphatic hydroxyl groups excluding tert-OH is 1. The van der Waals surface area contributed by atoms with Crippen molar-refractivity contribution < 1.29 is 10.0 Å². The van der Waals surface area contributed by atoms with Crippen LogP contribution in [-0.4, -0.2) is 29.2 Å². The van der Waals surface area contributed by atoms with Crippen LogP contribution in [0.2, 0.25) is 0 Å². The molecule has 1 aliphatic carbocycles. The molecule has 2 fully saturated rings. The summed E-state index contributed by atoms with van der Waals surface area (Å²) in [5.74, 6) is 0. The Hall–Kier alpha value is -1.62. The normalized spacial score (nSPS) is 20.1. The minimum absolute atomic E-state index is 0.117. The van der Waals surface area contributed by atoms with E-state index in [9.17, 15) is 15.2 Å². The summed E-state index contributed by atoms with van der Waals surface area (Å²) in [7, 11) is 0. The Bertz CT molecular complexity index is 444. The van der Waals surface area contributed by atoms with Crippen LogP contribution < -0.4 is 4.90 Å². The summed E-state index contributed by atoms with van der Waals surface area (Å²) in [6.07, 6.45) is 1.68. The zero-order valence-corrected chi connectivity index (χ0v) is 11.4. The van der Waals surface area contributed by atoms with Gasteiger partial charge in [0, 0.05) is 36.3 Å². The average Bonchev–Trinajstić information content (AvgIpc) is 2.34. The van der Waals surface area contributed by atoms with Crippen LogP contribution in [0.15, 0.2) is 24.3 Å². The standard InChI is InChI=1S/C12H14N2O3.C2H6/c15-11-5-12(6-11)7-13(8-12)9-1-3-10(4-2-9)14(16)17;1-2/h1-4,11,15H,5-8H2;1-2H3. The fraction of sp³-hybridized carbons (Fsp3) is 0.571. The van der Waals surface area contributed by atoms with Crippen molar-refractivity contribution in [3.63, 3.8) is 0 Å². The van der Waals surface area contributed by atoms with Gasteiger partial charge in [0.2, 0.25) is 0 Å². The smallest absolute Gasteiger partial charge is 0.269 e. The lowest BCUT2D eigenvalue weighted by Crippen LogP contribution is -2.63. The molecule has 0 unspecified atom stereocenters. The number of nitro benzene ring substituents is 1. The van der Waals surface area contributed by atoms with Gasteiger partial charge in [0.1, 0.15) is 0 Å². The van der Waals surface area contributed by atoms with E-state index in [1.165, 1.54) is 12.1 Å². The second-order valence-corrected chi connectivity index (χ2v) is 5.19. The van der Waals surface area contributed by atoms with Crippen molar-refractivity contribution in [3.05, 3.63) is 34.4 Å². The van der Waals surface area contributed by atoms with Gasteiger partial charge in [0.15, 0.2) is 0 Å². The lowest BCUT2D eigenvalue weighted by atomic mass is 9.62. The second kappa shape index (κ2) is 5.17. The molecule has 1 aromatic rings. The molecule has 0 bridgehead atoms. The van der Waals surface area contributed by atoms with E-state index in [0.717, 1.165) is 31.6 Å². The van der Waals surface area contributed by atoms with E-state index >= 15 is 0 Å². The van der Waals surface area contributed by atoms with Crippen molar-refractivity contribution >= 4 is 11.4 Å². The molecule has 1 aromatic carbocycles. The molecule has 1 aliphatic heterocycles. The lowest BCUT2D eigenvalue weighted by molar-refractivity contribution is -0.384. The first-order valence-electron chi connectivity index (χ1n) is 6.76. The topological polar surface area (TPSA) is 66.6 Å². The Kier molecular flexibility index (Phi) is 3.75. The molecule has 3 rings (SSSR count). The van der Waals surface area contributed by atoms with E-state index in [1.807, 2.05) is 13.8 Å². The molecule has 0 aromatic heterocycles. The maximum atomic E-state index is 10.5. The van der Waals surface area contributed by atoms with Crippen molar-refractivity contribution in [1.29, 1.82) is 0 Å². The first kappa shape index (κ1) is 13.8. The van der Waals surface area contributed by atoms with Crippen LogP contribution >= 0.6 is 0 Å². The number of nitro groups is 1. The predicted octanol–water partition coefficient (Wildman–Crippen LogP) is 2.58. The monoisotopic (exact) mass is 264 g/mol. The number of aliphatic hydroxyl groups is 1. The van der Waals surface area contributed by atoms with E-state index < -0.39 is 0 Å². The molecule has 0 radical (unpaired) electrons. The third-order valence-electron chi connectivity index (χ3n) is 3.82. The number of rotatable bonds is 2. The summed E-state index contributed by atoms with van der Waals surface area (Å²) in [4.78, 5) is 12.3. The molecular weight excluding hydrogens is 244 g/mol. The molecule has 104 valence electrons. The fourth-order valence-electron chi connectivity index (χ4n) is 2.93. The van der Waals surface area contributed by atoms with E-state index in [0.29, 0.717) is 5.41 Å². The van der Waals surface area contributed by atoms with Crippen LogP contribution in [-0.2, 0) is 0 Å². The van der Waals surface area contributed by atoms with Gasteiger partial charge in [-0.2, -0.15) is 0 Å². The number of anilines is 1. The highest BCUT2D eigenvalue weighted by Gasteiger charge is 2.51. The van der Waals surface area contributed by atoms with Gasteiger partial charge in [0.05, 0.1) is 11.0 Å². The van der Waals surface area contributed by atoms with Crippen molar-refractivity contribution in [2.75, 3.05) is 18.0 Å². The van der Waals surface area contributed by atoms with Crippen molar-refractivity contribution in [3.8, 4) is 0 Å². The molecule has 5 nitrogen and oxygen atoms in total. The highest BCUT2D eigenvalue weighted by Crippen LogP contribution is 2.49. The largest absolute Gasteiger partial charge is 0.393 e. The van der Waals surface area contributed by atoms with Gasteiger partial charge in [-0.25, -0.2) is 0 Å². The maximum Gasteiger partial charge on any atom is 0.269 e. The number of non-ortho nitro benzene ring substituents is 1. The summed E-state index contributed by atoms with van der Waals surface area (Å²) in [6.45, 7) is 5.92. The number of benzene rings is 1. The molecule has 2 aliphatic rings. The third kappa shape index (κ3) is 2.56. The van der Waals surface area contributed by atoms with Gasteiger partial charge in [-0.05, 0) is 25.0 Å². The van der Waals surface area contributed by atoms with Crippen LogP contribution in [0.5, 0.6) is 0 Å². The Morgan fingerprint density at radius 1 is 1.26 bits per heavy atom. The lowest BCUT2D eigenvalue weighted by Gasteiger charge is -2.58. The van der Waals surface area contributed by atoms with Gasteiger partial charge in [-0.3, -0.25) is 10.1 Å². The second-order valence-electron chi connectivity index (χ2n) is 5.19. The maximum absolute atomic E-state index is 10.5. The average molecular weight is 264 g/mol. The molecular formula is C14H20N2O3. The molecule has 1 N–H and O–H groups in total. The number of nitrogens with zero attached hydrogens (tertiary/aromatic N) is 2. The van der Waals surface area contributed by atoms with Gasteiger partial charge >= 0.3 is 0 Å². The van der Waals surface area contributed by atoms with Gasteiger partial charge in [-0.1, -0.05) is 13.8 Å². The summed E-state index contributed by atoms with van der Waals surface area (Å²) in [5, 5.41) is 19.8. The highest BCUT2D eigenvalue weighted by molar-refractivity contribution is 5.53. The van der Waals surface area contributed by atoms with E-state index in [-0.39, 0.29) is 16.7 Å². The van der Waals surface area contributed by atoms with Crippen LogP contribution in [0.4, 0.5) is 11.4 Å². The Morgan fingerprint density at radius 2 is 1.79 bits per heavy atom. The van der Waals surface area contributed by atoms with Crippen LogP contribution in [0.1, 0.15) is 26.7 Å². The minimum atomic E-state index is -0.385. The Labute approximate surface area is 113 Å². The van der Waals surface area contributed by atoms with Crippen LogP contribution in [0, 0.1) is 15.5 Å². The van der Waals surface area contributed by atoms with E-state index in [1.54, 1.807) is 12.1 Å². The molecule has 1 saturated heterocycles. The SMILES string of the molecule is CC.O=[N+]([O-])c1ccc(N2CC3(CC(O)C3)C2)cc1. The fourth-order valence-corrected chi connectivity index (χ4v) is 2.93. The van der Waals surface area contributed by atoms with E-state index in [2.05, 4.69) is 4.90 Å². The van der Waals surface area contributed by atoms with Crippen molar-refractivity contribution in [2.24, 2.45) is 5.41 Å². The van der Waals surface area contributed by atoms with Crippen molar-refractivity contribution in [1.82, 2.24) is 0 Å². The minimum Gasteiger partial charge on any atom is -0.393 e. The molecule has 1 spiro atoms. The Balaban J connectivity index is 0.000000637. The molecule has 1 saturated carbocycles. The third-order valence-corrected chi connectivity index (χ3v) is 3.82. The number of hydrogen-bond acceptors (Lipinski definition) is 4. The van der Waals surface area contributed by atoms with Crippen LogP contribution in [0.3, 0.4) is 0 Å². The van der Waals surface area contributed by atoms with E-state index in [4.69, 9.17) is 0 Å². The molecule has 0 amide bonds. The van der Waals surface area contributed by atoms with Gasteiger partial charge in [0.25, 0.3) is 5.69 Å². The first-order valence-corrected chi connectivity index (χ1v) is 6.76. The molecule has 5 heteroatoms. The molecule has 1 heterocycles.